The van der Waals surface area contributed by atoms with Crippen molar-refractivity contribution in [1.29, 1.82) is 0 Å². The summed E-state index contributed by atoms with van der Waals surface area (Å²) < 4.78 is 19.1. The summed E-state index contributed by atoms with van der Waals surface area (Å²) in [5, 5.41) is 18.4. The third-order valence-corrected chi connectivity index (χ3v) is 7.72. The van der Waals surface area contributed by atoms with Crippen LogP contribution in [-0.4, -0.2) is 68.5 Å². The number of hydrogen-bond acceptors (Lipinski definition) is 10. The molecule has 0 aromatic carbocycles. The van der Waals surface area contributed by atoms with Gasteiger partial charge in [0, 0.05) is 13.3 Å². The lowest BCUT2D eigenvalue weighted by atomic mass is 9.87. The molecule has 2 aromatic rings. The number of nitrogens with one attached hydrogen (secondary N) is 1. The van der Waals surface area contributed by atoms with E-state index >= 15 is 0 Å². The lowest BCUT2D eigenvalue weighted by Crippen LogP contribution is -2.46. The van der Waals surface area contributed by atoms with Crippen LogP contribution in [0.25, 0.3) is 5.52 Å². The molecule has 3 heterocycles. The lowest BCUT2D eigenvalue weighted by molar-refractivity contribution is -0.162. The molecular weight excluding hydrogens is 506 g/mol. The zero-order chi connectivity index (χ0) is 28.3. The number of amides is 1. The second-order valence-electron chi connectivity index (χ2n) is 11.1. The number of fused-ring (bicyclic) bond motifs is 1. The number of aromatic nitrogens is 3. The summed E-state index contributed by atoms with van der Waals surface area (Å²) >= 11 is 0. The van der Waals surface area contributed by atoms with Gasteiger partial charge in [0.05, 0.1) is 5.69 Å². The van der Waals surface area contributed by atoms with Crippen LogP contribution in [-0.2, 0) is 34.2 Å². The number of carbonyl (C=O) groups is 3. The van der Waals surface area contributed by atoms with Gasteiger partial charge in [0.15, 0.2) is 11.9 Å². The topological polar surface area (TPSA) is 167 Å². The summed E-state index contributed by atoms with van der Waals surface area (Å²) in [6.07, 6.45) is 3.56. The van der Waals surface area contributed by atoms with E-state index in [9.17, 15) is 19.5 Å². The molecule has 12 nitrogen and oxygen atoms in total. The summed E-state index contributed by atoms with van der Waals surface area (Å²) in [7, 11) is 0. The maximum absolute atomic E-state index is 12.8. The predicted molar refractivity (Wildman–Crippen MR) is 140 cm³/mol. The number of nitrogens with zero attached hydrogens (tertiary/aromatic N) is 3. The first-order valence-corrected chi connectivity index (χ1v) is 13.6. The Morgan fingerprint density at radius 3 is 2.64 bits per heavy atom. The minimum Gasteiger partial charge on any atom is -0.463 e. The van der Waals surface area contributed by atoms with Crippen LogP contribution < -0.4 is 11.1 Å². The van der Waals surface area contributed by atoms with Crippen LogP contribution in [0, 0.1) is 11.8 Å². The molecule has 1 aliphatic heterocycles. The Bertz CT molecular complexity index is 1190. The highest BCUT2D eigenvalue weighted by molar-refractivity contribution is 5.91. The Morgan fingerprint density at radius 2 is 1.97 bits per heavy atom. The molecular formula is C27H39N5O7. The molecule has 2 aliphatic rings. The Hall–Kier alpha value is -3.09. The fraction of sp³-hybridized carbons (Fsp3) is 0.667. The van der Waals surface area contributed by atoms with Crippen molar-refractivity contribution in [3.05, 3.63) is 24.2 Å². The van der Waals surface area contributed by atoms with E-state index in [1.54, 1.807) is 32.9 Å². The number of anilines is 1. The van der Waals surface area contributed by atoms with E-state index in [4.69, 9.17) is 19.9 Å². The van der Waals surface area contributed by atoms with Crippen LogP contribution in [0.15, 0.2) is 18.5 Å². The van der Waals surface area contributed by atoms with Gasteiger partial charge in [-0.2, -0.15) is 5.10 Å². The van der Waals surface area contributed by atoms with Crippen LogP contribution in [0.3, 0.4) is 0 Å². The van der Waals surface area contributed by atoms with Crippen molar-refractivity contribution in [2.45, 2.75) is 96.2 Å². The van der Waals surface area contributed by atoms with Gasteiger partial charge in [-0.05, 0) is 43.7 Å². The van der Waals surface area contributed by atoms with Crippen LogP contribution in [0.1, 0.15) is 71.9 Å². The second kappa shape index (κ2) is 12.0. The van der Waals surface area contributed by atoms with Crippen molar-refractivity contribution in [3.8, 4) is 0 Å². The Kier molecular flexibility index (Phi) is 8.87. The third-order valence-electron chi connectivity index (χ3n) is 7.72. The van der Waals surface area contributed by atoms with Crippen molar-refractivity contribution < 1.29 is 33.7 Å². The lowest BCUT2D eigenvalue weighted by Gasteiger charge is -2.28. The summed E-state index contributed by atoms with van der Waals surface area (Å²) in [5.74, 6) is -0.930. The molecule has 2 fully saturated rings. The quantitative estimate of drug-likeness (QED) is 0.397. The predicted octanol–water partition coefficient (Wildman–Crippen LogP) is 2.07. The van der Waals surface area contributed by atoms with E-state index in [1.807, 2.05) is 0 Å². The van der Waals surface area contributed by atoms with Crippen molar-refractivity contribution in [1.82, 2.24) is 14.6 Å². The maximum Gasteiger partial charge on any atom is 0.323 e. The first-order chi connectivity index (χ1) is 18.5. The average molecular weight is 546 g/mol. The standard InChI is InChI=1S/C27H39N5O7/c1-15(2)22(28)26(36)38-23-19(13-37-21(34)12-17-8-6-5-7-9-17)39-27(4,24(23)35)20-11-10-18-25(31-16(3)33)29-14-30-32(18)20/h10-11,14-15,17,19,22-24,35H,5-9,12-13,28H2,1-4H3,(H,29,30,31,33)/t19-,22+,23-,24-,27+/m1/s1. The van der Waals surface area contributed by atoms with E-state index in [0.29, 0.717) is 29.4 Å². The molecule has 1 saturated heterocycles. The largest absolute Gasteiger partial charge is 0.463 e. The van der Waals surface area contributed by atoms with Crippen LogP contribution in [0.5, 0.6) is 0 Å². The van der Waals surface area contributed by atoms with Gasteiger partial charge in [0.1, 0.15) is 42.3 Å². The molecule has 0 spiro atoms. The third kappa shape index (κ3) is 6.23. The average Bonchev–Trinajstić information content (AvgIpc) is 3.44. The van der Waals surface area contributed by atoms with Gasteiger partial charge >= 0.3 is 11.9 Å². The first-order valence-electron chi connectivity index (χ1n) is 13.6. The minimum absolute atomic E-state index is 0.186. The maximum atomic E-state index is 12.8. The van der Waals surface area contributed by atoms with Crippen LogP contribution >= 0.6 is 0 Å². The van der Waals surface area contributed by atoms with E-state index in [2.05, 4.69) is 15.4 Å². The fourth-order valence-electron chi connectivity index (χ4n) is 5.37. The number of rotatable bonds is 9. The Labute approximate surface area is 227 Å². The molecule has 39 heavy (non-hydrogen) atoms. The van der Waals surface area contributed by atoms with Crippen LogP contribution in [0.2, 0.25) is 0 Å². The fourth-order valence-corrected chi connectivity index (χ4v) is 5.37. The number of aliphatic hydroxyl groups is 1. The molecule has 12 heteroatoms. The second-order valence-corrected chi connectivity index (χ2v) is 11.1. The highest BCUT2D eigenvalue weighted by Gasteiger charge is 2.56. The summed E-state index contributed by atoms with van der Waals surface area (Å²) in [6.45, 7) is 6.40. The molecule has 1 aliphatic carbocycles. The van der Waals surface area contributed by atoms with E-state index in [1.165, 1.54) is 24.2 Å². The molecule has 2 aromatic heterocycles. The van der Waals surface area contributed by atoms with E-state index < -0.39 is 35.9 Å². The smallest absolute Gasteiger partial charge is 0.323 e. The van der Waals surface area contributed by atoms with Crippen molar-refractivity contribution >= 4 is 29.2 Å². The molecule has 1 saturated carbocycles. The monoisotopic (exact) mass is 545 g/mol. The Morgan fingerprint density at radius 1 is 1.26 bits per heavy atom. The van der Waals surface area contributed by atoms with Crippen molar-refractivity contribution in [2.75, 3.05) is 11.9 Å². The van der Waals surface area contributed by atoms with Gasteiger partial charge in [-0.15, -0.1) is 0 Å². The SMILES string of the molecule is CC(=O)Nc1ncnn2c([C@]3(C)O[C@H](COC(=O)CC4CCCCC4)[C@@H](OC(=O)[C@@H](N)C(C)C)[C@H]3O)ccc12. The summed E-state index contributed by atoms with van der Waals surface area (Å²) in [6, 6.07) is 2.48. The Balaban J connectivity index is 1.58. The number of esters is 2. The number of ether oxygens (including phenoxy) is 3. The zero-order valence-electron chi connectivity index (χ0n) is 23.0. The van der Waals surface area contributed by atoms with Crippen molar-refractivity contribution in [3.63, 3.8) is 0 Å². The van der Waals surface area contributed by atoms with E-state index in [0.717, 1.165) is 25.7 Å². The summed E-state index contributed by atoms with van der Waals surface area (Å²) in [4.78, 5) is 41.2. The number of carbonyl (C=O) groups excluding carboxylic acids is 3. The molecule has 0 unspecified atom stereocenters. The molecule has 0 radical (unpaired) electrons. The first kappa shape index (κ1) is 28.9. The van der Waals surface area contributed by atoms with Gasteiger partial charge in [0.2, 0.25) is 5.91 Å². The highest BCUT2D eigenvalue weighted by Crippen LogP contribution is 2.42. The number of aliphatic hydroxyl groups excluding tert-OH is 1. The molecule has 1 amide bonds. The molecule has 5 atom stereocenters. The highest BCUT2D eigenvalue weighted by atomic mass is 16.6. The number of nitrogens with two attached hydrogens (primary N) is 1. The van der Waals surface area contributed by atoms with Crippen LogP contribution in [0.4, 0.5) is 5.82 Å². The molecule has 214 valence electrons. The molecule has 4 N–H and O–H groups in total. The molecule has 4 rings (SSSR count). The van der Waals surface area contributed by atoms with Gasteiger partial charge < -0.3 is 30.4 Å². The van der Waals surface area contributed by atoms with Crippen molar-refractivity contribution in [2.24, 2.45) is 17.6 Å². The molecule has 0 bridgehead atoms. The number of hydrogen-bond donors (Lipinski definition) is 3. The van der Waals surface area contributed by atoms with Gasteiger partial charge in [-0.1, -0.05) is 33.1 Å². The normalized spacial score (nSPS) is 26.5. The van der Waals surface area contributed by atoms with Gasteiger partial charge in [-0.25, -0.2) is 9.50 Å². The van der Waals surface area contributed by atoms with E-state index in [-0.39, 0.29) is 24.4 Å². The summed E-state index contributed by atoms with van der Waals surface area (Å²) in [5.41, 5.74) is 5.51. The zero-order valence-corrected chi connectivity index (χ0v) is 23.0. The minimum atomic E-state index is -1.42. The van der Waals surface area contributed by atoms with Gasteiger partial charge in [-0.3, -0.25) is 14.4 Å². The van der Waals surface area contributed by atoms with Gasteiger partial charge in [0.25, 0.3) is 0 Å².